The Hall–Kier alpha value is -2.18. The molecule has 2 rings (SSSR count). The highest BCUT2D eigenvalue weighted by Gasteiger charge is 2.35. The zero-order valence-electron chi connectivity index (χ0n) is 12.1. The van der Waals surface area contributed by atoms with E-state index in [9.17, 15) is 14.4 Å². The zero-order chi connectivity index (χ0) is 15.4. The number of hydrogen-bond donors (Lipinski definition) is 0. The first-order valence-corrected chi connectivity index (χ1v) is 7.01. The molecule has 1 fully saturated rings. The molecule has 1 aliphatic heterocycles. The lowest BCUT2D eigenvalue weighted by molar-refractivity contribution is -0.147. The standard InChI is InChI=1S/C14H18N2O5/c1-3-4-7-16-12(17)6-5-10(15-16)13(18)21-11-8-9(2)20-14(11)19/h5-6,9,11H,3-4,7-8H2,1-2H3/t9-,11-/m0/s1. The Morgan fingerprint density at radius 3 is 2.86 bits per heavy atom. The SMILES string of the molecule is CCCCn1nc(C(=O)O[C@H]2C[C@H](C)OC2=O)ccc1=O. The summed E-state index contributed by atoms with van der Waals surface area (Å²) in [5, 5.41) is 3.97. The first-order valence-electron chi connectivity index (χ1n) is 7.01. The van der Waals surface area contributed by atoms with Crippen molar-refractivity contribution in [3.8, 4) is 0 Å². The molecule has 0 bridgehead atoms. The van der Waals surface area contributed by atoms with Gasteiger partial charge in [-0.05, 0) is 19.4 Å². The summed E-state index contributed by atoms with van der Waals surface area (Å²) in [6.07, 6.45) is 0.874. The summed E-state index contributed by atoms with van der Waals surface area (Å²) >= 11 is 0. The normalized spacial score (nSPS) is 21.1. The minimum absolute atomic E-state index is 0.0121. The van der Waals surface area contributed by atoms with Crippen LogP contribution in [0.4, 0.5) is 0 Å². The smallest absolute Gasteiger partial charge is 0.359 e. The van der Waals surface area contributed by atoms with E-state index >= 15 is 0 Å². The van der Waals surface area contributed by atoms with Gasteiger partial charge in [-0.25, -0.2) is 14.3 Å². The fraction of sp³-hybridized carbons (Fsp3) is 0.571. The maximum atomic E-state index is 12.0. The molecule has 21 heavy (non-hydrogen) atoms. The van der Waals surface area contributed by atoms with Crippen molar-refractivity contribution in [2.45, 2.75) is 51.9 Å². The van der Waals surface area contributed by atoms with Crippen LogP contribution in [-0.4, -0.2) is 33.9 Å². The van der Waals surface area contributed by atoms with Crippen molar-refractivity contribution >= 4 is 11.9 Å². The van der Waals surface area contributed by atoms with Gasteiger partial charge in [0, 0.05) is 19.0 Å². The highest BCUT2D eigenvalue weighted by Crippen LogP contribution is 2.18. The molecule has 0 spiro atoms. The molecule has 114 valence electrons. The lowest BCUT2D eigenvalue weighted by Crippen LogP contribution is -2.27. The number of carbonyl (C=O) groups excluding carboxylic acids is 2. The largest absolute Gasteiger partial charge is 0.460 e. The van der Waals surface area contributed by atoms with E-state index in [1.165, 1.54) is 16.8 Å². The Labute approximate surface area is 121 Å². The average Bonchev–Trinajstić information content (AvgIpc) is 2.76. The number of aryl methyl sites for hydroxylation is 1. The van der Waals surface area contributed by atoms with Gasteiger partial charge in [-0.1, -0.05) is 13.3 Å². The number of aromatic nitrogens is 2. The summed E-state index contributed by atoms with van der Waals surface area (Å²) in [6.45, 7) is 4.17. The van der Waals surface area contributed by atoms with E-state index in [0.717, 1.165) is 12.8 Å². The molecule has 0 radical (unpaired) electrons. The molecule has 7 heteroatoms. The van der Waals surface area contributed by atoms with Crippen LogP contribution >= 0.6 is 0 Å². The lowest BCUT2D eigenvalue weighted by Gasteiger charge is -2.09. The van der Waals surface area contributed by atoms with E-state index in [1.807, 2.05) is 6.92 Å². The molecule has 2 heterocycles. The van der Waals surface area contributed by atoms with Crippen molar-refractivity contribution in [1.82, 2.24) is 9.78 Å². The predicted octanol–water partition coefficient (Wildman–Crippen LogP) is 0.904. The molecule has 2 atom stereocenters. The molecule has 0 N–H and O–H groups in total. The van der Waals surface area contributed by atoms with Gasteiger partial charge in [0.15, 0.2) is 5.69 Å². The van der Waals surface area contributed by atoms with Gasteiger partial charge in [0.1, 0.15) is 6.10 Å². The average molecular weight is 294 g/mol. The fourth-order valence-electron chi connectivity index (χ4n) is 2.03. The Morgan fingerprint density at radius 2 is 2.24 bits per heavy atom. The number of cyclic esters (lactones) is 1. The first-order chi connectivity index (χ1) is 10.0. The van der Waals surface area contributed by atoms with Crippen molar-refractivity contribution in [2.24, 2.45) is 0 Å². The lowest BCUT2D eigenvalue weighted by atomic mass is 10.2. The van der Waals surface area contributed by atoms with E-state index in [-0.39, 0.29) is 17.4 Å². The fourth-order valence-corrected chi connectivity index (χ4v) is 2.03. The molecule has 1 aromatic heterocycles. The number of hydrogen-bond acceptors (Lipinski definition) is 6. The molecule has 0 saturated carbocycles. The van der Waals surface area contributed by atoms with Crippen LogP contribution < -0.4 is 5.56 Å². The number of unbranched alkanes of at least 4 members (excludes halogenated alkanes) is 1. The highest BCUT2D eigenvalue weighted by molar-refractivity contribution is 5.89. The second-order valence-electron chi connectivity index (χ2n) is 5.01. The van der Waals surface area contributed by atoms with Gasteiger partial charge in [-0.15, -0.1) is 0 Å². The molecule has 1 aromatic rings. The Morgan fingerprint density at radius 1 is 1.48 bits per heavy atom. The van der Waals surface area contributed by atoms with Gasteiger partial charge in [0.05, 0.1) is 0 Å². The third kappa shape index (κ3) is 3.68. The van der Waals surface area contributed by atoms with Crippen LogP contribution in [0.2, 0.25) is 0 Å². The Balaban J connectivity index is 2.08. The number of nitrogens with zero attached hydrogens (tertiary/aromatic N) is 2. The van der Waals surface area contributed by atoms with Gasteiger partial charge in [-0.2, -0.15) is 5.10 Å². The van der Waals surface area contributed by atoms with Gasteiger partial charge < -0.3 is 9.47 Å². The second-order valence-corrected chi connectivity index (χ2v) is 5.01. The Kier molecular flexibility index (Phi) is 4.72. The van der Waals surface area contributed by atoms with E-state index < -0.39 is 18.0 Å². The van der Waals surface area contributed by atoms with E-state index in [1.54, 1.807) is 6.92 Å². The summed E-state index contributed by atoms with van der Waals surface area (Å²) in [7, 11) is 0. The summed E-state index contributed by atoms with van der Waals surface area (Å²) < 4.78 is 11.2. The van der Waals surface area contributed by atoms with Gasteiger partial charge in [0.2, 0.25) is 6.10 Å². The molecule has 0 aromatic carbocycles. The number of carbonyl (C=O) groups is 2. The third-order valence-electron chi connectivity index (χ3n) is 3.17. The molecule has 0 aliphatic carbocycles. The Bertz CT molecular complexity index is 595. The third-order valence-corrected chi connectivity index (χ3v) is 3.17. The molecular formula is C14H18N2O5. The molecule has 0 unspecified atom stereocenters. The van der Waals surface area contributed by atoms with Crippen LogP contribution in [0.3, 0.4) is 0 Å². The number of ether oxygens (including phenoxy) is 2. The maximum Gasteiger partial charge on any atom is 0.359 e. The molecule has 0 amide bonds. The molecule has 7 nitrogen and oxygen atoms in total. The van der Waals surface area contributed by atoms with E-state index in [4.69, 9.17) is 9.47 Å². The van der Waals surface area contributed by atoms with Gasteiger partial charge in [0.25, 0.3) is 5.56 Å². The van der Waals surface area contributed by atoms with E-state index in [2.05, 4.69) is 5.10 Å². The predicted molar refractivity (Wildman–Crippen MR) is 72.8 cm³/mol. The second kappa shape index (κ2) is 6.51. The summed E-state index contributed by atoms with van der Waals surface area (Å²) in [5.74, 6) is -1.27. The maximum absolute atomic E-state index is 12.0. The molecule has 1 saturated heterocycles. The van der Waals surface area contributed by atoms with Crippen molar-refractivity contribution in [2.75, 3.05) is 0 Å². The van der Waals surface area contributed by atoms with Gasteiger partial charge >= 0.3 is 11.9 Å². The van der Waals surface area contributed by atoms with Crippen LogP contribution in [-0.2, 0) is 20.8 Å². The van der Waals surface area contributed by atoms with Crippen LogP contribution in [0.1, 0.15) is 43.6 Å². The molecule has 1 aliphatic rings. The summed E-state index contributed by atoms with van der Waals surface area (Å²) in [4.78, 5) is 35.0. The molecular weight excluding hydrogens is 276 g/mol. The van der Waals surface area contributed by atoms with Crippen LogP contribution in [0.15, 0.2) is 16.9 Å². The quantitative estimate of drug-likeness (QED) is 0.750. The van der Waals surface area contributed by atoms with Crippen LogP contribution in [0, 0.1) is 0 Å². The van der Waals surface area contributed by atoms with Crippen LogP contribution in [0.25, 0.3) is 0 Å². The highest BCUT2D eigenvalue weighted by atomic mass is 16.6. The van der Waals surface area contributed by atoms with Gasteiger partial charge in [-0.3, -0.25) is 4.79 Å². The number of esters is 2. The van der Waals surface area contributed by atoms with Crippen molar-refractivity contribution < 1.29 is 19.1 Å². The summed E-state index contributed by atoms with van der Waals surface area (Å²) in [6, 6.07) is 2.58. The minimum atomic E-state index is -0.898. The van der Waals surface area contributed by atoms with Crippen molar-refractivity contribution in [3.05, 3.63) is 28.2 Å². The summed E-state index contributed by atoms with van der Waals surface area (Å²) in [5.41, 5.74) is -0.257. The zero-order valence-corrected chi connectivity index (χ0v) is 12.1. The van der Waals surface area contributed by atoms with Crippen molar-refractivity contribution in [1.29, 1.82) is 0 Å². The monoisotopic (exact) mass is 294 g/mol. The first kappa shape index (κ1) is 15.2. The van der Waals surface area contributed by atoms with Crippen LogP contribution in [0.5, 0.6) is 0 Å². The number of rotatable bonds is 5. The minimum Gasteiger partial charge on any atom is -0.460 e. The topological polar surface area (TPSA) is 87.5 Å². The van der Waals surface area contributed by atoms with Crippen molar-refractivity contribution in [3.63, 3.8) is 0 Å². The van der Waals surface area contributed by atoms with E-state index in [0.29, 0.717) is 13.0 Å².